The Bertz CT molecular complexity index is 548. The molecular formula is C15H16F3NO. The largest absolute Gasteiger partial charge is 0.416 e. The van der Waals surface area contributed by atoms with Crippen LogP contribution in [-0.2, 0) is 6.18 Å². The van der Waals surface area contributed by atoms with Crippen LogP contribution in [0.3, 0.4) is 0 Å². The minimum atomic E-state index is -4.27. The molecule has 20 heavy (non-hydrogen) atoms. The molecule has 0 radical (unpaired) electrons. The smallest absolute Gasteiger partial charge is 0.412 e. The molecule has 1 aromatic carbocycles. The summed E-state index contributed by atoms with van der Waals surface area (Å²) < 4.78 is 38.3. The van der Waals surface area contributed by atoms with Crippen molar-refractivity contribution in [3.8, 4) is 0 Å². The molecule has 1 atom stereocenters. The van der Waals surface area contributed by atoms with Gasteiger partial charge in [0.2, 0.25) is 0 Å². The number of nitrogens with zero attached hydrogens (tertiary/aromatic N) is 1. The van der Waals surface area contributed by atoms with Crippen molar-refractivity contribution in [2.75, 3.05) is 6.54 Å². The Morgan fingerprint density at radius 3 is 2.75 bits per heavy atom. The fraction of sp³-hybridized carbons (Fsp3) is 0.333. The third-order valence-electron chi connectivity index (χ3n) is 3.74. The van der Waals surface area contributed by atoms with Crippen LogP contribution in [0, 0.1) is 0 Å². The van der Waals surface area contributed by atoms with E-state index in [1.165, 1.54) is 17.8 Å². The highest BCUT2D eigenvalue weighted by molar-refractivity contribution is 5.32. The van der Waals surface area contributed by atoms with Crippen LogP contribution in [0.15, 0.2) is 48.2 Å². The molecule has 2 nitrogen and oxygen atoms in total. The molecule has 0 amide bonds. The van der Waals surface area contributed by atoms with Gasteiger partial charge < -0.3 is 10.4 Å². The minimum Gasteiger partial charge on any atom is -0.412 e. The monoisotopic (exact) mass is 283 g/mol. The molecule has 1 saturated heterocycles. The quantitative estimate of drug-likeness (QED) is 0.777. The number of allylic oxidation sites excluding steroid dienone is 3. The van der Waals surface area contributed by atoms with Crippen molar-refractivity contribution in [3.63, 3.8) is 0 Å². The Morgan fingerprint density at radius 1 is 1.20 bits per heavy atom. The molecule has 2 heterocycles. The van der Waals surface area contributed by atoms with Gasteiger partial charge >= 0.3 is 6.18 Å². The average Bonchev–Trinajstić information content (AvgIpc) is 2.82. The molecule has 2 aliphatic heterocycles. The van der Waals surface area contributed by atoms with Crippen LogP contribution >= 0.6 is 0 Å². The van der Waals surface area contributed by atoms with Crippen molar-refractivity contribution in [1.82, 2.24) is 4.90 Å². The maximum Gasteiger partial charge on any atom is 0.416 e. The van der Waals surface area contributed by atoms with E-state index in [0.29, 0.717) is 0 Å². The molecule has 1 fully saturated rings. The predicted octanol–water partition coefficient (Wildman–Crippen LogP) is 3.47. The van der Waals surface area contributed by atoms with E-state index in [2.05, 4.69) is 11.0 Å². The standard InChI is InChI=1S/C15H14F3N.H2O/c16-15(17,18)12-5-3-4-11(10-12)14-8-7-13-6-1-2-9-19(13)14;/h1-6,10,14H,7-9H2;1H2. The van der Waals surface area contributed by atoms with Crippen LogP contribution in [0.1, 0.15) is 30.0 Å². The summed E-state index contributed by atoms with van der Waals surface area (Å²) in [5.74, 6) is 0. The molecule has 5 heteroatoms. The summed E-state index contributed by atoms with van der Waals surface area (Å²) in [6, 6.07) is 5.77. The Morgan fingerprint density at radius 2 is 2.00 bits per heavy atom. The van der Waals surface area contributed by atoms with E-state index in [-0.39, 0.29) is 11.5 Å². The van der Waals surface area contributed by atoms with Crippen LogP contribution < -0.4 is 0 Å². The summed E-state index contributed by atoms with van der Waals surface area (Å²) >= 11 is 0. The minimum absolute atomic E-state index is 0. The molecule has 1 aromatic rings. The third kappa shape index (κ3) is 2.58. The number of hydrogen-bond acceptors (Lipinski definition) is 1. The molecule has 0 bridgehead atoms. The van der Waals surface area contributed by atoms with E-state index < -0.39 is 11.7 Å². The van der Waals surface area contributed by atoms with Gasteiger partial charge in [-0.1, -0.05) is 24.3 Å². The molecule has 2 N–H and O–H groups in total. The molecule has 0 spiro atoms. The number of hydrogen-bond donors (Lipinski definition) is 0. The molecule has 0 aromatic heterocycles. The van der Waals surface area contributed by atoms with E-state index in [1.54, 1.807) is 6.07 Å². The first-order chi connectivity index (χ1) is 9.05. The summed E-state index contributed by atoms with van der Waals surface area (Å²) in [6.07, 6.45) is 3.65. The molecule has 0 aliphatic carbocycles. The highest BCUT2D eigenvalue weighted by Gasteiger charge is 2.33. The average molecular weight is 283 g/mol. The normalized spacial score (nSPS) is 21.2. The van der Waals surface area contributed by atoms with Gasteiger partial charge in [-0.3, -0.25) is 0 Å². The van der Waals surface area contributed by atoms with Gasteiger partial charge in [-0.15, -0.1) is 0 Å². The molecule has 3 rings (SSSR count). The zero-order valence-corrected chi connectivity index (χ0v) is 10.8. The lowest BCUT2D eigenvalue weighted by Crippen LogP contribution is -2.23. The van der Waals surface area contributed by atoms with Crippen molar-refractivity contribution in [2.24, 2.45) is 0 Å². The van der Waals surface area contributed by atoms with E-state index in [9.17, 15) is 13.2 Å². The van der Waals surface area contributed by atoms with Crippen molar-refractivity contribution in [1.29, 1.82) is 0 Å². The predicted molar refractivity (Wildman–Crippen MR) is 71.0 cm³/mol. The Labute approximate surface area is 115 Å². The van der Waals surface area contributed by atoms with E-state index in [0.717, 1.165) is 31.0 Å². The summed E-state index contributed by atoms with van der Waals surface area (Å²) in [7, 11) is 0. The first kappa shape index (κ1) is 14.7. The highest BCUT2D eigenvalue weighted by atomic mass is 19.4. The van der Waals surface area contributed by atoms with E-state index in [4.69, 9.17) is 0 Å². The Hall–Kier alpha value is -1.75. The number of rotatable bonds is 1. The second kappa shape index (κ2) is 5.32. The van der Waals surface area contributed by atoms with Crippen LogP contribution in [0.25, 0.3) is 0 Å². The van der Waals surface area contributed by atoms with Gasteiger partial charge in [0, 0.05) is 12.2 Å². The molecule has 0 saturated carbocycles. The van der Waals surface area contributed by atoms with Crippen molar-refractivity contribution < 1.29 is 18.6 Å². The summed E-state index contributed by atoms with van der Waals surface area (Å²) in [4.78, 5) is 2.19. The molecular weight excluding hydrogens is 267 g/mol. The van der Waals surface area contributed by atoms with Crippen molar-refractivity contribution in [2.45, 2.75) is 25.1 Å². The first-order valence-corrected chi connectivity index (χ1v) is 6.35. The van der Waals surface area contributed by atoms with Crippen LogP contribution in [0.4, 0.5) is 13.2 Å². The van der Waals surface area contributed by atoms with Gasteiger partial charge in [0.15, 0.2) is 0 Å². The second-order valence-electron chi connectivity index (χ2n) is 4.92. The number of benzene rings is 1. The van der Waals surface area contributed by atoms with Gasteiger partial charge in [0.05, 0.1) is 11.6 Å². The fourth-order valence-corrected chi connectivity index (χ4v) is 2.83. The van der Waals surface area contributed by atoms with Gasteiger partial charge in [0.25, 0.3) is 0 Å². The first-order valence-electron chi connectivity index (χ1n) is 6.35. The molecule has 1 unspecified atom stereocenters. The SMILES string of the molecule is FC(F)(F)c1cccc(C2CCC3=CC=CCN32)c1.O. The van der Waals surface area contributed by atoms with Gasteiger partial charge in [0.1, 0.15) is 0 Å². The fourth-order valence-electron chi connectivity index (χ4n) is 2.83. The maximum atomic E-state index is 12.8. The van der Waals surface area contributed by atoms with Crippen LogP contribution in [0.2, 0.25) is 0 Å². The zero-order chi connectivity index (χ0) is 13.5. The van der Waals surface area contributed by atoms with Gasteiger partial charge in [-0.05, 0) is 36.6 Å². The summed E-state index contributed by atoms with van der Waals surface area (Å²) in [5, 5.41) is 0. The number of alkyl halides is 3. The van der Waals surface area contributed by atoms with Crippen molar-refractivity contribution in [3.05, 3.63) is 59.3 Å². The summed E-state index contributed by atoms with van der Waals surface area (Å²) in [6.45, 7) is 0.784. The lowest BCUT2D eigenvalue weighted by molar-refractivity contribution is -0.137. The number of fused-ring (bicyclic) bond motifs is 1. The van der Waals surface area contributed by atoms with E-state index >= 15 is 0 Å². The highest BCUT2D eigenvalue weighted by Crippen LogP contribution is 2.40. The van der Waals surface area contributed by atoms with Crippen LogP contribution in [-0.4, -0.2) is 16.9 Å². The Balaban J connectivity index is 0.00000147. The summed E-state index contributed by atoms with van der Waals surface area (Å²) in [5.41, 5.74) is 1.42. The molecule has 2 aliphatic rings. The Kier molecular flexibility index (Phi) is 3.90. The van der Waals surface area contributed by atoms with E-state index in [1.807, 2.05) is 12.2 Å². The lowest BCUT2D eigenvalue weighted by Gasteiger charge is -2.29. The van der Waals surface area contributed by atoms with Gasteiger partial charge in [-0.2, -0.15) is 13.2 Å². The van der Waals surface area contributed by atoms with Gasteiger partial charge in [-0.25, -0.2) is 0 Å². The van der Waals surface area contributed by atoms with Crippen molar-refractivity contribution >= 4 is 0 Å². The number of halogens is 3. The third-order valence-corrected chi connectivity index (χ3v) is 3.74. The lowest BCUT2D eigenvalue weighted by atomic mass is 10.0. The molecule has 108 valence electrons. The maximum absolute atomic E-state index is 12.8. The topological polar surface area (TPSA) is 34.7 Å². The zero-order valence-electron chi connectivity index (χ0n) is 10.8. The van der Waals surface area contributed by atoms with Crippen LogP contribution in [0.5, 0.6) is 0 Å². The second-order valence-corrected chi connectivity index (χ2v) is 4.92.